The van der Waals surface area contributed by atoms with Gasteiger partial charge in [-0.1, -0.05) is 23.7 Å². The maximum atomic E-state index is 14.3. The number of fused-ring (bicyclic) bond motifs is 1. The molecule has 1 fully saturated rings. The van der Waals surface area contributed by atoms with Crippen LogP contribution in [0.5, 0.6) is 5.75 Å². The van der Waals surface area contributed by atoms with Gasteiger partial charge in [-0.05, 0) is 18.1 Å². The first-order valence-corrected chi connectivity index (χ1v) is 9.64. The molecule has 1 aromatic carbocycles. The summed E-state index contributed by atoms with van der Waals surface area (Å²) in [4.78, 5) is 21.2. The second-order valence-electron chi connectivity index (χ2n) is 7.31. The number of nitriles is 1. The Bertz CT molecular complexity index is 1100. The molecule has 0 bridgehead atoms. The number of Topliss-reactive ketones (excluding diaryl/α,β-unsaturated/α-hetero) is 1. The molecule has 1 aromatic heterocycles. The lowest BCUT2D eigenvalue weighted by molar-refractivity contribution is 0.0985. The van der Waals surface area contributed by atoms with E-state index in [2.05, 4.69) is 9.98 Å². The minimum Gasteiger partial charge on any atom is -0.494 e. The van der Waals surface area contributed by atoms with Crippen LogP contribution in [-0.2, 0) is 16.7 Å². The summed E-state index contributed by atoms with van der Waals surface area (Å²) < 4.78 is 24.9. The number of rotatable bonds is 6. The van der Waals surface area contributed by atoms with Crippen molar-refractivity contribution in [1.29, 1.82) is 5.26 Å². The van der Waals surface area contributed by atoms with Gasteiger partial charge >= 0.3 is 0 Å². The van der Waals surface area contributed by atoms with Crippen molar-refractivity contribution in [3.8, 4) is 11.8 Å². The van der Waals surface area contributed by atoms with Crippen molar-refractivity contribution in [2.24, 2.45) is 16.6 Å². The molecule has 2 N–H and O–H groups in total. The number of ketones is 1. The largest absolute Gasteiger partial charge is 0.494 e. The lowest BCUT2D eigenvalue weighted by atomic mass is 9.84. The molecule has 0 saturated heterocycles. The van der Waals surface area contributed by atoms with E-state index in [4.69, 9.17) is 32.1 Å². The number of alkyl halides is 1. The number of halogens is 2. The predicted molar refractivity (Wildman–Crippen MR) is 107 cm³/mol. The molecule has 2 heterocycles. The van der Waals surface area contributed by atoms with Gasteiger partial charge < -0.3 is 15.2 Å². The van der Waals surface area contributed by atoms with Gasteiger partial charge in [-0.15, -0.1) is 0 Å². The summed E-state index contributed by atoms with van der Waals surface area (Å²) in [6, 6.07) is 8.36. The van der Waals surface area contributed by atoms with Crippen LogP contribution in [-0.4, -0.2) is 36.7 Å². The molecule has 4 rings (SSSR count). The number of ether oxygens (including phenoxy) is 2. The van der Waals surface area contributed by atoms with Gasteiger partial charge in [-0.2, -0.15) is 5.26 Å². The number of carbonyl (C=O) groups excluding carboxylic acids is 1. The summed E-state index contributed by atoms with van der Waals surface area (Å²) in [5, 5.41) is 9.34. The van der Waals surface area contributed by atoms with Crippen molar-refractivity contribution in [3.63, 3.8) is 0 Å². The second kappa shape index (κ2) is 7.58. The molecule has 0 unspecified atom stereocenters. The number of benzene rings is 1. The van der Waals surface area contributed by atoms with Gasteiger partial charge in [0.1, 0.15) is 35.8 Å². The highest BCUT2D eigenvalue weighted by molar-refractivity contribution is 6.31. The molecule has 7 nitrogen and oxygen atoms in total. The maximum Gasteiger partial charge on any atom is 0.283 e. The van der Waals surface area contributed by atoms with Gasteiger partial charge in [0, 0.05) is 35.2 Å². The van der Waals surface area contributed by atoms with E-state index in [0.29, 0.717) is 22.6 Å². The fourth-order valence-corrected chi connectivity index (χ4v) is 4.16. The van der Waals surface area contributed by atoms with Gasteiger partial charge in [0.2, 0.25) is 0 Å². The predicted octanol–water partition coefficient (Wildman–Crippen LogP) is 2.94. The van der Waals surface area contributed by atoms with E-state index in [1.807, 2.05) is 6.07 Å². The third kappa shape index (κ3) is 3.35. The number of nitrogens with two attached hydrogens (primary N) is 1. The van der Waals surface area contributed by atoms with Gasteiger partial charge in [-0.25, -0.2) is 14.4 Å². The van der Waals surface area contributed by atoms with Crippen molar-refractivity contribution < 1.29 is 18.7 Å². The first-order valence-electron chi connectivity index (χ1n) is 9.26. The SMILES string of the molecule is COc1cc(C#N)cnc1C(=O)Cc1ccc(Cl)c([C@@]2(CF)N=C(N)O[C@@H]3C[C@@H]32)c1. The number of amidine groups is 1. The summed E-state index contributed by atoms with van der Waals surface area (Å²) in [6.07, 6.45) is 1.77. The minimum absolute atomic E-state index is 0.00835. The molecule has 0 spiro atoms. The topological polar surface area (TPSA) is 111 Å². The van der Waals surface area contributed by atoms with E-state index in [0.717, 1.165) is 0 Å². The van der Waals surface area contributed by atoms with Crippen LogP contribution < -0.4 is 10.5 Å². The van der Waals surface area contributed by atoms with Crippen molar-refractivity contribution in [1.82, 2.24) is 4.98 Å². The first-order chi connectivity index (χ1) is 14.4. The zero-order chi connectivity index (χ0) is 21.5. The van der Waals surface area contributed by atoms with Crippen LogP contribution in [0, 0.1) is 17.2 Å². The second-order valence-corrected chi connectivity index (χ2v) is 7.71. The van der Waals surface area contributed by atoms with Crippen LogP contribution in [0.1, 0.15) is 33.6 Å². The number of hydrogen-bond donors (Lipinski definition) is 1. The van der Waals surface area contributed by atoms with Crippen LogP contribution in [0.15, 0.2) is 35.5 Å². The lowest BCUT2D eigenvalue weighted by Gasteiger charge is -2.32. The number of methoxy groups -OCH3 is 1. The monoisotopic (exact) mass is 428 g/mol. The average molecular weight is 429 g/mol. The Kier molecular flexibility index (Phi) is 5.08. The Hall–Kier alpha value is -3.18. The fourth-order valence-electron chi connectivity index (χ4n) is 3.88. The molecular weight excluding hydrogens is 411 g/mol. The van der Waals surface area contributed by atoms with Gasteiger partial charge in [-0.3, -0.25) is 4.79 Å². The molecule has 30 heavy (non-hydrogen) atoms. The van der Waals surface area contributed by atoms with Crippen LogP contribution in [0.3, 0.4) is 0 Å². The number of aliphatic imine (C=N–C) groups is 1. The molecule has 3 atom stereocenters. The van der Waals surface area contributed by atoms with Crippen molar-refractivity contribution in [2.45, 2.75) is 24.5 Å². The van der Waals surface area contributed by atoms with E-state index < -0.39 is 12.2 Å². The van der Waals surface area contributed by atoms with E-state index in [1.54, 1.807) is 18.2 Å². The van der Waals surface area contributed by atoms with Crippen LogP contribution in [0.2, 0.25) is 5.02 Å². The molecule has 154 valence electrons. The van der Waals surface area contributed by atoms with Crippen LogP contribution in [0.25, 0.3) is 0 Å². The number of nitrogens with zero attached hydrogens (tertiary/aromatic N) is 3. The molecule has 1 aliphatic heterocycles. The number of aromatic nitrogens is 1. The zero-order valence-electron chi connectivity index (χ0n) is 16.1. The quantitative estimate of drug-likeness (QED) is 0.708. The standard InChI is InChI=1S/C21H18ClFN4O3/c1-29-18-6-12(8-24)9-26-19(18)16(28)5-11-2-3-15(22)13(4-11)21(10-23)14-7-17(14)30-20(25)27-21/h2-4,6,9,14,17H,5,7,10H2,1H3,(H2,25,27)/t14-,17+,21+/m0/s1. The summed E-state index contributed by atoms with van der Waals surface area (Å²) in [5.74, 6) is -0.243. The first kappa shape index (κ1) is 20.1. The van der Waals surface area contributed by atoms with Crippen molar-refractivity contribution in [2.75, 3.05) is 13.8 Å². The summed E-state index contributed by atoms with van der Waals surface area (Å²) in [5.41, 5.74) is 6.05. The summed E-state index contributed by atoms with van der Waals surface area (Å²) >= 11 is 6.40. The Morgan fingerprint density at radius 1 is 1.50 bits per heavy atom. The lowest BCUT2D eigenvalue weighted by Crippen LogP contribution is -2.39. The molecule has 0 radical (unpaired) electrons. The molecule has 2 aromatic rings. The molecule has 9 heteroatoms. The third-order valence-electron chi connectivity index (χ3n) is 5.46. The third-order valence-corrected chi connectivity index (χ3v) is 5.79. The molecule has 2 aliphatic rings. The summed E-state index contributed by atoms with van der Waals surface area (Å²) in [6.45, 7) is -0.777. The normalized spacial score (nSPS) is 24.1. The van der Waals surface area contributed by atoms with E-state index in [-0.39, 0.29) is 47.3 Å². The number of hydrogen-bond acceptors (Lipinski definition) is 7. The van der Waals surface area contributed by atoms with Crippen molar-refractivity contribution >= 4 is 23.4 Å². The Morgan fingerprint density at radius 3 is 3.00 bits per heavy atom. The van der Waals surface area contributed by atoms with E-state index >= 15 is 0 Å². The van der Waals surface area contributed by atoms with Crippen LogP contribution >= 0.6 is 11.6 Å². The fraction of sp³-hybridized carbons (Fsp3) is 0.333. The summed E-state index contributed by atoms with van der Waals surface area (Å²) in [7, 11) is 1.40. The highest BCUT2D eigenvalue weighted by Crippen LogP contribution is 2.54. The molecule has 0 amide bonds. The number of carbonyl (C=O) groups is 1. The van der Waals surface area contributed by atoms with E-state index in [1.165, 1.54) is 19.4 Å². The maximum absolute atomic E-state index is 14.3. The minimum atomic E-state index is -1.21. The van der Waals surface area contributed by atoms with Crippen LogP contribution in [0.4, 0.5) is 4.39 Å². The Morgan fingerprint density at radius 2 is 2.30 bits per heavy atom. The van der Waals surface area contributed by atoms with E-state index in [9.17, 15) is 9.18 Å². The molecule has 1 aliphatic carbocycles. The zero-order valence-corrected chi connectivity index (χ0v) is 16.8. The Balaban J connectivity index is 1.67. The molecule has 1 saturated carbocycles. The number of pyridine rings is 1. The van der Waals surface area contributed by atoms with Gasteiger partial charge in [0.25, 0.3) is 6.02 Å². The van der Waals surface area contributed by atoms with Gasteiger partial charge in [0.15, 0.2) is 5.78 Å². The molecular formula is C21H18ClFN4O3. The Labute approximate surface area is 177 Å². The average Bonchev–Trinajstić information content (AvgIpc) is 3.53. The van der Waals surface area contributed by atoms with Gasteiger partial charge in [0.05, 0.1) is 12.7 Å². The highest BCUT2D eigenvalue weighted by atomic mass is 35.5. The van der Waals surface area contributed by atoms with Crippen molar-refractivity contribution in [3.05, 3.63) is 57.9 Å². The highest BCUT2D eigenvalue weighted by Gasteiger charge is 2.59. The smallest absolute Gasteiger partial charge is 0.283 e.